The topological polar surface area (TPSA) is 148 Å². The Morgan fingerprint density at radius 1 is 0.849 bits per heavy atom. The van der Waals surface area contributed by atoms with Gasteiger partial charge in [0.2, 0.25) is 23.5 Å². The van der Waals surface area contributed by atoms with Crippen LogP contribution in [0.15, 0.2) is 126 Å². The molecule has 4 heterocycles. The van der Waals surface area contributed by atoms with Crippen LogP contribution in [0.2, 0.25) is 0 Å². The van der Waals surface area contributed by atoms with Gasteiger partial charge < -0.3 is 24.7 Å². The van der Waals surface area contributed by atoms with Crippen LogP contribution in [-0.4, -0.2) is 83.2 Å². The number of nitrogens with zero attached hydrogens (tertiary/aromatic N) is 7. The first-order valence-electron chi connectivity index (χ1n) is 17.4. The highest BCUT2D eigenvalue weighted by atomic mass is 16.5. The van der Waals surface area contributed by atoms with Gasteiger partial charge in [-0.3, -0.25) is 14.6 Å². The van der Waals surface area contributed by atoms with Crippen molar-refractivity contribution >= 4 is 28.7 Å². The van der Waals surface area contributed by atoms with Crippen molar-refractivity contribution in [3.8, 4) is 17.1 Å². The molecule has 2 aliphatic rings. The zero-order valence-corrected chi connectivity index (χ0v) is 28.7. The molecule has 2 saturated heterocycles. The number of aromatic nitrogens is 3. The first-order chi connectivity index (χ1) is 25.9. The summed E-state index contributed by atoms with van der Waals surface area (Å²) in [7, 11) is 0. The molecule has 2 aromatic heterocycles. The van der Waals surface area contributed by atoms with Crippen LogP contribution in [0.25, 0.3) is 22.3 Å². The molecule has 4 aromatic carbocycles. The number of hydrogen-bond acceptors (Lipinski definition) is 9. The smallest absolute Gasteiger partial charge is 0.334 e. The number of rotatable bonds is 9. The zero-order chi connectivity index (χ0) is 36.3. The summed E-state index contributed by atoms with van der Waals surface area (Å²) in [5, 5.41) is 21.2. The largest absolute Gasteiger partial charge is 0.508 e. The number of nitrogens with one attached hydrogen (secondary N) is 1. The minimum absolute atomic E-state index is 0.0275. The van der Waals surface area contributed by atoms with Crippen LogP contribution < -0.4 is 5.32 Å². The molecule has 0 spiro atoms. The van der Waals surface area contributed by atoms with Crippen molar-refractivity contribution in [3.05, 3.63) is 144 Å². The van der Waals surface area contributed by atoms with E-state index in [1.165, 1.54) is 9.91 Å². The molecule has 0 radical (unpaired) electrons. The number of urea groups is 1. The minimum atomic E-state index is -0.932. The highest BCUT2D eigenvalue weighted by molar-refractivity contribution is 5.92. The van der Waals surface area contributed by atoms with E-state index in [1.807, 2.05) is 91.0 Å². The molecule has 0 aliphatic carbocycles. The van der Waals surface area contributed by atoms with Crippen molar-refractivity contribution in [2.24, 2.45) is 0 Å². The first-order valence-corrected chi connectivity index (χ1v) is 17.4. The number of benzene rings is 4. The maximum Gasteiger partial charge on any atom is 0.334 e. The number of carbonyl (C=O) groups is 3. The lowest BCUT2D eigenvalue weighted by Crippen LogP contribution is -2.76. The van der Waals surface area contributed by atoms with Gasteiger partial charge in [0.15, 0.2) is 0 Å². The standard InChI is InChI=1S/C40H36N8O5/c49-31-18-16-27(17-19-31)21-34-39(51)45(23-30-13-7-15-33-32(30)14-8-20-41-33)25-36-47(34)37(50)26-46(48(36)40(52)42-22-28-9-3-1-4-10-28)24-35-43-38(44-53-35)29-11-5-2-6-12-29/h1-20,34,36,49H,21-26H2,(H,42,52)/t34-,36?/m0/s1. The van der Waals surface area contributed by atoms with E-state index in [0.29, 0.717) is 5.82 Å². The molecule has 8 rings (SSSR count). The molecule has 0 saturated carbocycles. The van der Waals surface area contributed by atoms with Crippen LogP contribution in [-0.2, 0) is 35.6 Å². The molecule has 2 atom stereocenters. The number of hydrogen-bond donors (Lipinski definition) is 2. The van der Waals surface area contributed by atoms with Crippen molar-refractivity contribution in [2.45, 2.75) is 38.3 Å². The Kier molecular flexibility index (Phi) is 9.21. The van der Waals surface area contributed by atoms with E-state index in [0.717, 1.165) is 33.2 Å². The summed E-state index contributed by atoms with van der Waals surface area (Å²) < 4.78 is 5.64. The van der Waals surface area contributed by atoms with E-state index in [2.05, 4.69) is 20.4 Å². The van der Waals surface area contributed by atoms with Gasteiger partial charge in [-0.15, -0.1) is 0 Å². The molecule has 6 aromatic rings. The van der Waals surface area contributed by atoms with Crippen molar-refractivity contribution < 1.29 is 24.0 Å². The quantitative estimate of drug-likeness (QED) is 0.217. The number of amides is 4. The monoisotopic (exact) mass is 708 g/mol. The van der Waals surface area contributed by atoms with Gasteiger partial charge in [-0.05, 0) is 41.0 Å². The van der Waals surface area contributed by atoms with E-state index >= 15 is 0 Å². The lowest BCUT2D eigenvalue weighted by Gasteiger charge is -2.55. The number of hydrazine groups is 1. The maximum absolute atomic E-state index is 14.5. The summed E-state index contributed by atoms with van der Waals surface area (Å²) in [6, 6.07) is 33.7. The molecule has 2 N–H and O–H groups in total. The van der Waals surface area contributed by atoms with Gasteiger partial charge in [-0.25, -0.2) is 9.80 Å². The number of carbonyl (C=O) groups excluding carboxylic acids is 3. The van der Waals surface area contributed by atoms with Gasteiger partial charge in [0.1, 0.15) is 18.0 Å². The molecule has 266 valence electrons. The van der Waals surface area contributed by atoms with Crippen molar-refractivity contribution in [1.82, 2.24) is 40.3 Å². The van der Waals surface area contributed by atoms with Crippen LogP contribution in [0, 0.1) is 0 Å². The van der Waals surface area contributed by atoms with Crippen LogP contribution >= 0.6 is 0 Å². The van der Waals surface area contributed by atoms with Gasteiger partial charge in [-0.1, -0.05) is 96.2 Å². The predicted octanol–water partition coefficient (Wildman–Crippen LogP) is 4.74. The van der Waals surface area contributed by atoms with E-state index in [-0.39, 0.29) is 62.6 Å². The molecule has 2 fully saturated rings. The molecular weight excluding hydrogens is 672 g/mol. The van der Waals surface area contributed by atoms with Crippen molar-refractivity contribution in [1.29, 1.82) is 0 Å². The van der Waals surface area contributed by atoms with Crippen LogP contribution in [0.3, 0.4) is 0 Å². The molecule has 53 heavy (non-hydrogen) atoms. The maximum atomic E-state index is 14.5. The zero-order valence-electron chi connectivity index (χ0n) is 28.7. The lowest BCUT2D eigenvalue weighted by atomic mass is 9.98. The van der Waals surface area contributed by atoms with E-state index in [1.54, 1.807) is 40.4 Å². The second kappa shape index (κ2) is 14.6. The Balaban J connectivity index is 1.16. The second-order valence-corrected chi connectivity index (χ2v) is 13.1. The summed E-state index contributed by atoms with van der Waals surface area (Å²) >= 11 is 0. The Morgan fingerprint density at radius 2 is 1.62 bits per heavy atom. The summed E-state index contributed by atoms with van der Waals surface area (Å²) in [5.74, 6) is 0.134. The number of phenolic OH excluding ortho intramolecular Hbond substituents is 1. The average Bonchev–Trinajstić information content (AvgIpc) is 3.66. The lowest BCUT2D eigenvalue weighted by molar-refractivity contribution is -0.193. The van der Waals surface area contributed by atoms with Crippen molar-refractivity contribution in [3.63, 3.8) is 0 Å². The third-order valence-electron chi connectivity index (χ3n) is 9.61. The van der Waals surface area contributed by atoms with E-state index in [9.17, 15) is 19.5 Å². The molecule has 13 heteroatoms. The molecule has 1 unspecified atom stereocenters. The van der Waals surface area contributed by atoms with Gasteiger partial charge in [0.25, 0.3) is 0 Å². The summed E-state index contributed by atoms with van der Waals surface area (Å²) in [6.07, 6.45) is 1.03. The van der Waals surface area contributed by atoms with Crippen LogP contribution in [0.4, 0.5) is 4.79 Å². The average molecular weight is 709 g/mol. The van der Waals surface area contributed by atoms with Gasteiger partial charge in [0, 0.05) is 36.7 Å². The minimum Gasteiger partial charge on any atom is -0.508 e. The molecular formula is C40H36N8O5. The second-order valence-electron chi connectivity index (χ2n) is 13.1. The molecule has 4 amide bonds. The third kappa shape index (κ3) is 7.02. The Morgan fingerprint density at radius 3 is 2.42 bits per heavy atom. The molecule has 2 aliphatic heterocycles. The highest BCUT2D eigenvalue weighted by Gasteiger charge is 2.51. The fraction of sp³-hybridized carbons (Fsp3) is 0.200. The van der Waals surface area contributed by atoms with Gasteiger partial charge in [-0.2, -0.15) is 9.99 Å². The van der Waals surface area contributed by atoms with E-state index in [4.69, 9.17) is 4.52 Å². The number of piperazine rings is 1. The first kappa shape index (κ1) is 33.5. The normalized spacial score (nSPS) is 17.6. The van der Waals surface area contributed by atoms with Crippen LogP contribution in [0.1, 0.15) is 22.6 Å². The van der Waals surface area contributed by atoms with Gasteiger partial charge in [0.05, 0.1) is 25.2 Å². The van der Waals surface area contributed by atoms with Crippen molar-refractivity contribution in [2.75, 3.05) is 13.1 Å². The van der Waals surface area contributed by atoms with Gasteiger partial charge >= 0.3 is 6.03 Å². The fourth-order valence-electron chi connectivity index (χ4n) is 7.07. The number of fused-ring (bicyclic) bond motifs is 2. The van der Waals surface area contributed by atoms with Crippen LogP contribution in [0.5, 0.6) is 5.75 Å². The molecule has 13 nitrogen and oxygen atoms in total. The predicted molar refractivity (Wildman–Crippen MR) is 194 cm³/mol. The Bertz CT molecular complexity index is 2240. The summed E-state index contributed by atoms with van der Waals surface area (Å²) in [5.41, 5.74) is 4.11. The third-order valence-corrected chi connectivity index (χ3v) is 9.61. The van der Waals surface area contributed by atoms with E-state index < -0.39 is 18.2 Å². The Labute approximate surface area is 305 Å². The summed E-state index contributed by atoms with van der Waals surface area (Å²) in [4.78, 5) is 55.6. The fourth-order valence-corrected chi connectivity index (χ4v) is 7.07. The Hall–Kier alpha value is -6.60. The summed E-state index contributed by atoms with van der Waals surface area (Å²) in [6.45, 7) is 0.274. The molecule has 0 bridgehead atoms. The number of pyridine rings is 1. The highest BCUT2D eigenvalue weighted by Crippen LogP contribution is 2.31. The number of phenols is 1. The SMILES string of the molecule is O=C1[C@H](Cc2ccc(O)cc2)N2C(=O)CN(Cc3nc(-c4ccccc4)no3)N(C(=O)NCc3ccccc3)C2CN1Cc1cccc2ncccc12. The number of aromatic hydroxyl groups is 1.